The van der Waals surface area contributed by atoms with Crippen molar-refractivity contribution < 1.29 is 9.90 Å². The lowest BCUT2D eigenvalue weighted by Crippen LogP contribution is -2.48. The number of aromatic nitrogens is 5. The summed E-state index contributed by atoms with van der Waals surface area (Å²) in [7, 11) is 0. The van der Waals surface area contributed by atoms with Crippen LogP contribution in [-0.2, 0) is 0 Å². The van der Waals surface area contributed by atoms with Crippen LogP contribution < -0.4 is 10.5 Å². The van der Waals surface area contributed by atoms with Gasteiger partial charge < -0.3 is 15.0 Å². The van der Waals surface area contributed by atoms with E-state index in [-0.39, 0.29) is 17.3 Å². The number of H-pyrrole nitrogens is 1. The quantitative estimate of drug-likeness (QED) is 0.737. The highest BCUT2D eigenvalue weighted by Crippen LogP contribution is 2.24. The Bertz CT molecular complexity index is 672. The topological polar surface area (TPSA) is 117 Å². The lowest BCUT2D eigenvalue weighted by molar-refractivity contribution is 0.0690. The predicted molar refractivity (Wildman–Crippen MR) is 63.1 cm³/mol. The van der Waals surface area contributed by atoms with Gasteiger partial charge in [-0.15, -0.1) is 5.10 Å². The second kappa shape index (κ2) is 4.19. The summed E-state index contributed by atoms with van der Waals surface area (Å²) in [5.74, 6) is -0.503. The average Bonchev–Trinajstić information content (AvgIpc) is 2.76. The van der Waals surface area contributed by atoms with E-state index in [1.165, 1.54) is 23.3 Å². The number of rotatable bonds is 3. The van der Waals surface area contributed by atoms with E-state index in [4.69, 9.17) is 5.11 Å². The van der Waals surface area contributed by atoms with Gasteiger partial charge in [0.05, 0.1) is 18.6 Å². The van der Waals surface area contributed by atoms with Gasteiger partial charge in [-0.05, 0) is 0 Å². The zero-order valence-corrected chi connectivity index (χ0v) is 9.72. The SMILES string of the molecule is O=C(O)c1cn(C2CN(c3cc(=O)[nH]cn3)C2)nn1. The number of carboxylic acid groups (broad SMARTS) is 1. The molecule has 1 fully saturated rings. The van der Waals surface area contributed by atoms with Gasteiger partial charge in [-0.1, -0.05) is 5.21 Å². The smallest absolute Gasteiger partial charge is 0.358 e. The van der Waals surface area contributed by atoms with Crippen molar-refractivity contribution in [3.63, 3.8) is 0 Å². The Morgan fingerprint density at radius 2 is 2.26 bits per heavy atom. The van der Waals surface area contributed by atoms with Crippen molar-refractivity contribution in [1.82, 2.24) is 25.0 Å². The van der Waals surface area contributed by atoms with Crippen molar-refractivity contribution in [1.29, 1.82) is 0 Å². The van der Waals surface area contributed by atoms with Gasteiger partial charge in [0.25, 0.3) is 5.56 Å². The summed E-state index contributed by atoms with van der Waals surface area (Å²) in [6.45, 7) is 1.22. The van der Waals surface area contributed by atoms with Gasteiger partial charge in [0.15, 0.2) is 5.69 Å². The maximum Gasteiger partial charge on any atom is 0.358 e. The van der Waals surface area contributed by atoms with E-state index in [0.717, 1.165) is 0 Å². The van der Waals surface area contributed by atoms with Crippen LogP contribution in [0.25, 0.3) is 0 Å². The lowest BCUT2D eigenvalue weighted by atomic mass is 10.1. The molecule has 0 spiro atoms. The first-order valence-corrected chi connectivity index (χ1v) is 5.58. The first-order chi connectivity index (χ1) is 9.13. The van der Waals surface area contributed by atoms with Gasteiger partial charge in [0.1, 0.15) is 5.82 Å². The number of nitrogens with one attached hydrogen (secondary N) is 1. The molecule has 1 aliphatic heterocycles. The second-order valence-electron chi connectivity index (χ2n) is 4.22. The van der Waals surface area contributed by atoms with Gasteiger partial charge >= 0.3 is 5.97 Å². The molecule has 3 heterocycles. The highest BCUT2D eigenvalue weighted by Gasteiger charge is 2.30. The van der Waals surface area contributed by atoms with Crippen molar-refractivity contribution in [3.8, 4) is 0 Å². The van der Waals surface area contributed by atoms with Gasteiger partial charge in [0.2, 0.25) is 0 Å². The number of anilines is 1. The third-order valence-electron chi connectivity index (χ3n) is 2.95. The molecule has 1 saturated heterocycles. The Labute approximate surface area is 106 Å². The molecule has 3 rings (SSSR count). The highest BCUT2D eigenvalue weighted by atomic mass is 16.4. The maximum absolute atomic E-state index is 11.1. The van der Waals surface area contributed by atoms with E-state index >= 15 is 0 Å². The van der Waals surface area contributed by atoms with Crippen LogP contribution in [0.3, 0.4) is 0 Å². The van der Waals surface area contributed by atoms with Crippen LogP contribution in [0.5, 0.6) is 0 Å². The van der Waals surface area contributed by atoms with Crippen LogP contribution in [0.4, 0.5) is 5.82 Å². The summed E-state index contributed by atoms with van der Waals surface area (Å²) >= 11 is 0. The van der Waals surface area contributed by atoms with Crippen molar-refractivity contribution in [3.05, 3.63) is 34.6 Å². The van der Waals surface area contributed by atoms with Gasteiger partial charge in [-0.25, -0.2) is 14.5 Å². The Morgan fingerprint density at radius 3 is 2.89 bits per heavy atom. The third-order valence-corrected chi connectivity index (χ3v) is 2.95. The second-order valence-corrected chi connectivity index (χ2v) is 4.22. The van der Waals surface area contributed by atoms with E-state index in [0.29, 0.717) is 18.9 Å². The van der Waals surface area contributed by atoms with E-state index in [1.807, 2.05) is 4.90 Å². The summed E-state index contributed by atoms with van der Waals surface area (Å²) in [6.07, 6.45) is 2.75. The molecule has 0 amide bonds. The normalized spacial score (nSPS) is 15.3. The van der Waals surface area contributed by atoms with Crippen LogP contribution in [0.2, 0.25) is 0 Å². The van der Waals surface area contributed by atoms with E-state index < -0.39 is 5.97 Å². The minimum Gasteiger partial charge on any atom is -0.476 e. The zero-order valence-electron chi connectivity index (χ0n) is 9.72. The first-order valence-electron chi connectivity index (χ1n) is 5.58. The third kappa shape index (κ3) is 2.05. The molecule has 0 aromatic carbocycles. The standard InChI is InChI=1S/C10H10N6O3/c17-9-1-8(11-5-12-9)15-2-6(3-15)16-4-7(10(18)19)13-14-16/h1,4-6H,2-3H2,(H,18,19)(H,11,12,17). The van der Waals surface area contributed by atoms with E-state index in [9.17, 15) is 9.59 Å². The molecule has 1 aliphatic rings. The summed E-state index contributed by atoms with van der Waals surface area (Å²) in [5.41, 5.74) is -0.282. The minimum atomic E-state index is -1.10. The summed E-state index contributed by atoms with van der Waals surface area (Å²) < 4.78 is 1.52. The average molecular weight is 262 g/mol. The zero-order chi connectivity index (χ0) is 13.4. The van der Waals surface area contributed by atoms with Crippen molar-refractivity contribution in [2.24, 2.45) is 0 Å². The first kappa shape index (κ1) is 11.4. The van der Waals surface area contributed by atoms with Crippen molar-refractivity contribution in [2.45, 2.75) is 6.04 Å². The molecule has 9 heteroatoms. The molecular formula is C10H10N6O3. The fourth-order valence-electron chi connectivity index (χ4n) is 1.89. The number of nitrogens with zero attached hydrogens (tertiary/aromatic N) is 5. The molecular weight excluding hydrogens is 252 g/mol. The highest BCUT2D eigenvalue weighted by molar-refractivity contribution is 5.84. The molecule has 9 nitrogen and oxygen atoms in total. The molecule has 2 aromatic rings. The summed E-state index contributed by atoms with van der Waals surface area (Å²) in [6, 6.07) is 1.46. The molecule has 0 atom stereocenters. The molecule has 2 N–H and O–H groups in total. The number of carbonyl (C=O) groups is 1. The number of carboxylic acids is 1. The molecule has 0 radical (unpaired) electrons. The summed E-state index contributed by atoms with van der Waals surface area (Å²) in [4.78, 5) is 30.2. The van der Waals surface area contributed by atoms with Crippen LogP contribution in [-0.4, -0.2) is 49.1 Å². The van der Waals surface area contributed by atoms with Crippen LogP contribution in [0, 0.1) is 0 Å². The van der Waals surface area contributed by atoms with Crippen LogP contribution >= 0.6 is 0 Å². The van der Waals surface area contributed by atoms with Crippen molar-refractivity contribution in [2.75, 3.05) is 18.0 Å². The number of aromatic amines is 1. The van der Waals surface area contributed by atoms with Crippen LogP contribution in [0.1, 0.15) is 16.5 Å². The summed E-state index contributed by atoms with van der Waals surface area (Å²) in [5, 5.41) is 16.1. The van der Waals surface area contributed by atoms with Crippen molar-refractivity contribution >= 4 is 11.8 Å². The Kier molecular flexibility index (Phi) is 2.51. The van der Waals surface area contributed by atoms with Gasteiger partial charge in [-0.3, -0.25) is 4.79 Å². The molecule has 19 heavy (non-hydrogen) atoms. The number of hydrogen-bond acceptors (Lipinski definition) is 6. The Hall–Kier alpha value is -2.71. The van der Waals surface area contributed by atoms with E-state index in [1.54, 1.807) is 0 Å². The fraction of sp³-hybridized carbons (Fsp3) is 0.300. The predicted octanol–water partition coefficient (Wildman–Crippen LogP) is -0.879. The van der Waals surface area contributed by atoms with Crippen LogP contribution in [0.15, 0.2) is 23.4 Å². The fourth-order valence-corrected chi connectivity index (χ4v) is 1.89. The Balaban J connectivity index is 1.69. The van der Waals surface area contributed by atoms with Gasteiger partial charge in [0, 0.05) is 19.2 Å². The molecule has 2 aromatic heterocycles. The Morgan fingerprint density at radius 1 is 1.47 bits per heavy atom. The van der Waals surface area contributed by atoms with E-state index in [2.05, 4.69) is 20.3 Å². The lowest BCUT2D eigenvalue weighted by Gasteiger charge is -2.39. The molecule has 0 saturated carbocycles. The minimum absolute atomic E-state index is 0.0432. The monoisotopic (exact) mass is 262 g/mol. The molecule has 0 aliphatic carbocycles. The van der Waals surface area contributed by atoms with Gasteiger partial charge in [-0.2, -0.15) is 0 Å². The largest absolute Gasteiger partial charge is 0.476 e. The number of aromatic carboxylic acids is 1. The molecule has 0 unspecified atom stereocenters. The molecule has 0 bridgehead atoms. The maximum atomic E-state index is 11.1. The molecule has 98 valence electrons. The number of hydrogen-bond donors (Lipinski definition) is 2.